The lowest BCUT2D eigenvalue weighted by Crippen LogP contribution is -2.31. The van der Waals surface area contributed by atoms with E-state index in [-0.39, 0.29) is 0 Å². The fourth-order valence-electron chi connectivity index (χ4n) is 6.57. The average molecular weight is 589 g/mol. The summed E-state index contributed by atoms with van der Waals surface area (Å²) >= 11 is 0. The Labute approximate surface area is 271 Å². The molecule has 218 valence electrons. The molecule has 0 saturated carbocycles. The van der Waals surface area contributed by atoms with Crippen molar-refractivity contribution in [3.8, 4) is 17.2 Å². The minimum Gasteiger partial charge on any atom is -0.311 e. The van der Waals surface area contributed by atoms with Crippen molar-refractivity contribution in [3.05, 3.63) is 222 Å². The van der Waals surface area contributed by atoms with Gasteiger partial charge in [-0.1, -0.05) is 152 Å². The number of nitrogens with zero attached hydrogens (tertiary/aromatic N) is 2. The van der Waals surface area contributed by atoms with E-state index in [0.29, 0.717) is 5.56 Å². The Bertz CT molecular complexity index is 1980. The maximum absolute atomic E-state index is 9.76. The van der Waals surface area contributed by atoms with Gasteiger partial charge in [0, 0.05) is 17.1 Å². The Morgan fingerprint density at radius 1 is 0.370 bits per heavy atom. The highest BCUT2D eigenvalue weighted by Gasteiger charge is 2.38. The van der Waals surface area contributed by atoms with Crippen LogP contribution in [0.3, 0.4) is 0 Å². The van der Waals surface area contributed by atoms with Gasteiger partial charge in [0.25, 0.3) is 0 Å². The third-order valence-corrected chi connectivity index (χ3v) is 8.68. The van der Waals surface area contributed by atoms with Gasteiger partial charge in [-0.25, -0.2) is 0 Å². The normalized spacial score (nSPS) is 11.0. The summed E-state index contributed by atoms with van der Waals surface area (Å²) in [6.07, 6.45) is 0. The Morgan fingerprint density at radius 2 is 0.739 bits per heavy atom. The van der Waals surface area contributed by atoms with Crippen molar-refractivity contribution in [2.75, 3.05) is 4.90 Å². The summed E-state index contributed by atoms with van der Waals surface area (Å²) in [6.45, 7) is 0. The zero-order valence-electron chi connectivity index (χ0n) is 25.4. The molecule has 46 heavy (non-hydrogen) atoms. The molecule has 0 unspecified atom stereocenters. The first-order valence-corrected chi connectivity index (χ1v) is 15.5. The molecule has 2 nitrogen and oxygen atoms in total. The fourth-order valence-corrected chi connectivity index (χ4v) is 6.57. The number of hydrogen-bond acceptors (Lipinski definition) is 2. The zero-order chi connectivity index (χ0) is 31.2. The van der Waals surface area contributed by atoms with Crippen molar-refractivity contribution in [3.63, 3.8) is 0 Å². The summed E-state index contributed by atoms with van der Waals surface area (Å²) in [5, 5.41) is 9.76. The number of hydrogen-bond donors (Lipinski definition) is 0. The molecule has 0 aliphatic heterocycles. The summed E-state index contributed by atoms with van der Waals surface area (Å²) in [7, 11) is 0. The van der Waals surface area contributed by atoms with Gasteiger partial charge < -0.3 is 4.90 Å². The highest BCUT2D eigenvalue weighted by atomic mass is 15.1. The number of anilines is 3. The number of benzene rings is 7. The first-order valence-electron chi connectivity index (χ1n) is 15.5. The van der Waals surface area contributed by atoms with E-state index in [1.807, 2.05) is 36.4 Å². The maximum Gasteiger partial charge on any atom is 0.0998 e. The van der Waals surface area contributed by atoms with Crippen LogP contribution < -0.4 is 4.90 Å². The Morgan fingerprint density at radius 3 is 1.22 bits per heavy atom. The predicted molar refractivity (Wildman–Crippen MR) is 190 cm³/mol. The molecule has 0 saturated heterocycles. The van der Waals surface area contributed by atoms with Crippen molar-refractivity contribution >= 4 is 17.1 Å². The number of para-hydroxylation sites is 2. The van der Waals surface area contributed by atoms with Gasteiger partial charge in [-0.3, -0.25) is 0 Å². The Kier molecular flexibility index (Phi) is 7.97. The van der Waals surface area contributed by atoms with Crippen LogP contribution in [-0.4, -0.2) is 0 Å². The number of nitriles is 1. The average Bonchev–Trinajstić information content (AvgIpc) is 3.15. The molecule has 0 aromatic heterocycles. The predicted octanol–water partition coefficient (Wildman–Crippen LogP) is 11.1. The van der Waals surface area contributed by atoms with E-state index in [9.17, 15) is 5.26 Å². The molecule has 0 bridgehead atoms. The first-order chi connectivity index (χ1) is 22.8. The molecule has 0 N–H and O–H groups in total. The van der Waals surface area contributed by atoms with Crippen molar-refractivity contribution in [1.29, 1.82) is 5.26 Å². The lowest BCUT2D eigenvalue weighted by Gasteiger charge is -2.37. The van der Waals surface area contributed by atoms with Gasteiger partial charge in [0.15, 0.2) is 0 Å². The monoisotopic (exact) mass is 588 g/mol. The van der Waals surface area contributed by atoms with Gasteiger partial charge in [0.1, 0.15) is 0 Å². The Balaban J connectivity index is 1.42. The van der Waals surface area contributed by atoms with Crippen molar-refractivity contribution in [2.24, 2.45) is 0 Å². The molecule has 2 heteroatoms. The van der Waals surface area contributed by atoms with E-state index in [1.54, 1.807) is 0 Å². The van der Waals surface area contributed by atoms with Crippen LogP contribution >= 0.6 is 0 Å². The zero-order valence-corrected chi connectivity index (χ0v) is 25.4. The standard InChI is InChI=1S/C44H32N2/c45-33-35-15-13-14-24-43(35)34-25-27-38(28-26-34)44(36-16-5-1-6-17-36,37-18-7-2-8-19-37)39-29-31-42(32-30-39)46(40-20-9-3-10-21-40)41-22-11-4-12-23-41/h1-32H. The molecule has 0 spiro atoms. The molecule has 0 aliphatic carbocycles. The van der Waals surface area contributed by atoms with Gasteiger partial charge in [-0.2, -0.15) is 5.26 Å². The van der Waals surface area contributed by atoms with Crippen LogP contribution in [0.15, 0.2) is 194 Å². The van der Waals surface area contributed by atoms with Crippen LogP contribution in [0.5, 0.6) is 0 Å². The highest BCUT2D eigenvalue weighted by molar-refractivity contribution is 5.77. The van der Waals surface area contributed by atoms with Crippen LogP contribution in [0, 0.1) is 11.3 Å². The van der Waals surface area contributed by atoms with Crippen LogP contribution in [0.1, 0.15) is 27.8 Å². The molecule has 7 rings (SSSR count). The summed E-state index contributed by atoms with van der Waals surface area (Å²) in [6, 6.07) is 70.3. The van der Waals surface area contributed by atoms with Crippen LogP contribution in [0.2, 0.25) is 0 Å². The largest absolute Gasteiger partial charge is 0.311 e. The summed E-state index contributed by atoms with van der Waals surface area (Å²) in [5.74, 6) is 0. The molecular formula is C44H32N2. The minimum atomic E-state index is -0.585. The second-order valence-electron chi connectivity index (χ2n) is 11.3. The van der Waals surface area contributed by atoms with Gasteiger partial charge in [0.05, 0.1) is 17.0 Å². The van der Waals surface area contributed by atoms with Crippen LogP contribution in [0.25, 0.3) is 11.1 Å². The van der Waals surface area contributed by atoms with Gasteiger partial charge in [0.2, 0.25) is 0 Å². The molecular weight excluding hydrogens is 556 g/mol. The van der Waals surface area contributed by atoms with Gasteiger partial charge >= 0.3 is 0 Å². The summed E-state index contributed by atoms with van der Waals surface area (Å²) < 4.78 is 0. The summed E-state index contributed by atoms with van der Waals surface area (Å²) in [4.78, 5) is 2.29. The summed E-state index contributed by atoms with van der Waals surface area (Å²) in [5.41, 5.74) is 10.0. The molecule has 7 aromatic carbocycles. The van der Waals surface area contributed by atoms with E-state index < -0.39 is 5.41 Å². The van der Waals surface area contributed by atoms with Crippen molar-refractivity contribution in [2.45, 2.75) is 5.41 Å². The maximum atomic E-state index is 9.76. The molecule has 7 aromatic rings. The van der Waals surface area contributed by atoms with Gasteiger partial charge in [-0.15, -0.1) is 0 Å². The SMILES string of the molecule is N#Cc1ccccc1-c1ccc(C(c2ccccc2)(c2ccccc2)c2ccc(N(c3ccccc3)c3ccccc3)cc2)cc1. The lowest BCUT2D eigenvalue weighted by molar-refractivity contribution is 0.745. The molecule has 0 heterocycles. The highest BCUT2D eigenvalue weighted by Crippen LogP contribution is 2.46. The van der Waals surface area contributed by atoms with Crippen LogP contribution in [0.4, 0.5) is 17.1 Å². The van der Waals surface area contributed by atoms with E-state index in [4.69, 9.17) is 0 Å². The molecule has 0 amide bonds. The second-order valence-corrected chi connectivity index (χ2v) is 11.3. The topological polar surface area (TPSA) is 27.0 Å². The molecule has 0 fully saturated rings. The third-order valence-electron chi connectivity index (χ3n) is 8.68. The second kappa shape index (κ2) is 12.8. The molecule has 0 radical (unpaired) electrons. The minimum absolute atomic E-state index is 0.585. The Hall–Kier alpha value is -6.17. The molecule has 0 aliphatic rings. The van der Waals surface area contributed by atoms with Crippen molar-refractivity contribution < 1.29 is 0 Å². The van der Waals surface area contributed by atoms with E-state index in [2.05, 4.69) is 169 Å². The smallest absolute Gasteiger partial charge is 0.0998 e. The van der Waals surface area contributed by atoms with Crippen LogP contribution in [-0.2, 0) is 5.41 Å². The molecule has 0 atom stereocenters. The number of rotatable bonds is 8. The fraction of sp³-hybridized carbons (Fsp3) is 0.0227. The van der Waals surface area contributed by atoms with Crippen molar-refractivity contribution in [1.82, 2.24) is 0 Å². The van der Waals surface area contributed by atoms with E-state index in [1.165, 1.54) is 16.7 Å². The quantitative estimate of drug-likeness (QED) is 0.165. The lowest BCUT2D eigenvalue weighted by atomic mass is 9.65. The van der Waals surface area contributed by atoms with Gasteiger partial charge in [-0.05, 0) is 75.8 Å². The third kappa shape index (κ3) is 5.25. The van der Waals surface area contributed by atoms with E-state index >= 15 is 0 Å². The van der Waals surface area contributed by atoms with E-state index in [0.717, 1.165) is 33.8 Å². The first kappa shape index (κ1) is 28.6.